The summed E-state index contributed by atoms with van der Waals surface area (Å²) >= 11 is 0. The molecule has 2 saturated heterocycles. The van der Waals surface area contributed by atoms with Crippen LogP contribution in [0, 0.1) is 11.3 Å². The van der Waals surface area contributed by atoms with Crippen LogP contribution in [-0.2, 0) is 9.53 Å². The van der Waals surface area contributed by atoms with Crippen molar-refractivity contribution in [3.8, 4) is 6.07 Å². The summed E-state index contributed by atoms with van der Waals surface area (Å²) in [5.74, 6) is 0.902. The Labute approximate surface area is 135 Å². The molecule has 0 bridgehead atoms. The zero-order valence-corrected chi connectivity index (χ0v) is 13.2. The Morgan fingerprint density at radius 2 is 2.22 bits per heavy atom. The number of pyridine rings is 1. The van der Waals surface area contributed by atoms with Gasteiger partial charge in [-0.05, 0) is 19.1 Å². The van der Waals surface area contributed by atoms with Crippen LogP contribution in [0.25, 0.3) is 0 Å². The lowest BCUT2D eigenvalue weighted by Gasteiger charge is -2.39. The van der Waals surface area contributed by atoms with E-state index in [0.717, 1.165) is 18.9 Å². The first kappa shape index (κ1) is 15.7. The van der Waals surface area contributed by atoms with Crippen LogP contribution in [0.1, 0.15) is 12.5 Å². The molecule has 2 aliphatic heterocycles. The van der Waals surface area contributed by atoms with Gasteiger partial charge in [0.15, 0.2) is 0 Å². The van der Waals surface area contributed by atoms with Crippen molar-refractivity contribution in [2.75, 3.05) is 44.2 Å². The molecular weight excluding hydrogens is 294 g/mol. The Balaban J connectivity index is 1.59. The Morgan fingerprint density at radius 1 is 1.43 bits per heavy atom. The summed E-state index contributed by atoms with van der Waals surface area (Å²) in [6.07, 6.45) is 1.55. The summed E-state index contributed by atoms with van der Waals surface area (Å²) < 4.78 is 5.56. The lowest BCUT2D eigenvalue weighted by atomic mass is 10.1. The van der Waals surface area contributed by atoms with Crippen LogP contribution in [0.5, 0.6) is 0 Å². The summed E-state index contributed by atoms with van der Waals surface area (Å²) in [7, 11) is 0. The molecule has 1 aromatic rings. The number of hydrogen-bond acceptors (Lipinski definition) is 6. The molecule has 0 saturated carbocycles. The summed E-state index contributed by atoms with van der Waals surface area (Å²) in [5, 5.41) is 12.2. The standard InChI is InChI=1S/C16H21N5O2/c1-12-15(19-4-9-23-12)16(22)21-7-5-20(6-8-21)14-10-13(11-17)2-3-18-14/h2-3,10,12,15,19H,4-9H2,1H3/t12-,15+/m1/s1. The molecule has 0 radical (unpaired) electrons. The number of amides is 1. The highest BCUT2D eigenvalue weighted by Crippen LogP contribution is 2.16. The Hall–Kier alpha value is -2.17. The van der Waals surface area contributed by atoms with Gasteiger partial charge in [-0.2, -0.15) is 5.26 Å². The van der Waals surface area contributed by atoms with Crippen LogP contribution in [0.15, 0.2) is 18.3 Å². The minimum Gasteiger partial charge on any atom is -0.375 e. The van der Waals surface area contributed by atoms with Crippen LogP contribution in [0.4, 0.5) is 5.82 Å². The topological polar surface area (TPSA) is 81.5 Å². The highest BCUT2D eigenvalue weighted by atomic mass is 16.5. The van der Waals surface area contributed by atoms with E-state index in [-0.39, 0.29) is 18.1 Å². The fourth-order valence-electron chi connectivity index (χ4n) is 3.02. The molecular formula is C16H21N5O2. The van der Waals surface area contributed by atoms with E-state index in [2.05, 4.69) is 21.3 Å². The summed E-state index contributed by atoms with van der Waals surface area (Å²) in [5.41, 5.74) is 0.603. The van der Waals surface area contributed by atoms with Crippen molar-refractivity contribution in [1.82, 2.24) is 15.2 Å². The van der Waals surface area contributed by atoms with Gasteiger partial charge in [-0.3, -0.25) is 4.79 Å². The third kappa shape index (κ3) is 3.44. The number of rotatable bonds is 2. The van der Waals surface area contributed by atoms with Crippen LogP contribution in [-0.4, -0.2) is 67.3 Å². The number of nitrogens with zero attached hydrogens (tertiary/aromatic N) is 4. The van der Waals surface area contributed by atoms with Gasteiger partial charge in [0.2, 0.25) is 5.91 Å². The van der Waals surface area contributed by atoms with Crippen LogP contribution >= 0.6 is 0 Å². The molecule has 2 atom stereocenters. The highest BCUT2D eigenvalue weighted by Gasteiger charge is 2.33. The van der Waals surface area contributed by atoms with Gasteiger partial charge in [0.1, 0.15) is 11.9 Å². The van der Waals surface area contributed by atoms with Gasteiger partial charge in [0.05, 0.1) is 24.3 Å². The maximum Gasteiger partial charge on any atom is 0.242 e. The minimum absolute atomic E-state index is 0.0942. The fourth-order valence-corrected chi connectivity index (χ4v) is 3.02. The molecule has 7 nitrogen and oxygen atoms in total. The quantitative estimate of drug-likeness (QED) is 0.826. The maximum atomic E-state index is 12.6. The molecule has 122 valence electrons. The van der Waals surface area contributed by atoms with E-state index in [9.17, 15) is 4.79 Å². The Bertz CT molecular complexity index is 607. The van der Waals surface area contributed by atoms with Crippen molar-refractivity contribution in [1.29, 1.82) is 5.26 Å². The Kier molecular flexibility index (Phi) is 4.74. The Morgan fingerprint density at radius 3 is 2.91 bits per heavy atom. The SMILES string of the molecule is C[C@H]1OCCN[C@@H]1C(=O)N1CCN(c2cc(C#N)ccn2)CC1. The molecule has 2 aliphatic rings. The van der Waals surface area contributed by atoms with Gasteiger partial charge < -0.3 is 19.9 Å². The molecule has 1 N–H and O–H groups in total. The number of piperazine rings is 1. The normalized spacial score (nSPS) is 25.0. The van der Waals surface area contributed by atoms with E-state index in [1.54, 1.807) is 18.3 Å². The fraction of sp³-hybridized carbons (Fsp3) is 0.562. The summed E-state index contributed by atoms with van der Waals surface area (Å²) in [6.45, 7) is 6.04. The second-order valence-corrected chi connectivity index (χ2v) is 5.83. The average Bonchev–Trinajstić information content (AvgIpc) is 2.62. The van der Waals surface area contributed by atoms with Crippen LogP contribution < -0.4 is 10.2 Å². The van der Waals surface area contributed by atoms with Crippen LogP contribution in [0.3, 0.4) is 0 Å². The minimum atomic E-state index is -0.254. The molecule has 7 heteroatoms. The highest BCUT2D eigenvalue weighted by molar-refractivity contribution is 5.83. The van der Waals surface area contributed by atoms with Crippen molar-refractivity contribution < 1.29 is 9.53 Å². The van der Waals surface area contributed by atoms with Crippen molar-refractivity contribution in [3.63, 3.8) is 0 Å². The van der Waals surface area contributed by atoms with E-state index in [1.165, 1.54) is 0 Å². The first-order valence-corrected chi connectivity index (χ1v) is 7.94. The monoisotopic (exact) mass is 315 g/mol. The number of ether oxygens (including phenoxy) is 1. The molecule has 0 aliphatic carbocycles. The molecule has 3 rings (SSSR count). The number of nitriles is 1. The van der Waals surface area contributed by atoms with E-state index in [4.69, 9.17) is 10.00 Å². The first-order chi connectivity index (χ1) is 11.2. The first-order valence-electron chi connectivity index (χ1n) is 7.94. The molecule has 1 amide bonds. The molecule has 0 aromatic carbocycles. The van der Waals surface area contributed by atoms with Gasteiger partial charge in [-0.25, -0.2) is 4.98 Å². The third-order valence-electron chi connectivity index (χ3n) is 4.37. The van der Waals surface area contributed by atoms with Gasteiger partial charge in [-0.1, -0.05) is 0 Å². The molecule has 2 fully saturated rings. The second-order valence-electron chi connectivity index (χ2n) is 5.83. The van der Waals surface area contributed by atoms with Gasteiger partial charge in [-0.15, -0.1) is 0 Å². The van der Waals surface area contributed by atoms with Crippen molar-refractivity contribution in [2.45, 2.75) is 19.1 Å². The van der Waals surface area contributed by atoms with Gasteiger partial charge in [0, 0.05) is 38.9 Å². The summed E-state index contributed by atoms with van der Waals surface area (Å²) in [4.78, 5) is 20.9. The van der Waals surface area contributed by atoms with E-state index in [0.29, 0.717) is 31.8 Å². The zero-order chi connectivity index (χ0) is 16.2. The van der Waals surface area contributed by atoms with Crippen molar-refractivity contribution >= 4 is 11.7 Å². The number of carbonyl (C=O) groups excluding carboxylic acids is 1. The number of morpholine rings is 1. The maximum absolute atomic E-state index is 12.6. The predicted octanol–water partition coefficient (Wildman–Crippen LogP) is -0.0212. The molecule has 1 aromatic heterocycles. The molecule has 23 heavy (non-hydrogen) atoms. The predicted molar refractivity (Wildman–Crippen MR) is 84.9 cm³/mol. The number of carbonyl (C=O) groups is 1. The second kappa shape index (κ2) is 6.94. The summed E-state index contributed by atoms with van der Waals surface area (Å²) in [6, 6.07) is 5.36. The van der Waals surface area contributed by atoms with E-state index < -0.39 is 0 Å². The number of anilines is 1. The molecule has 0 spiro atoms. The molecule has 3 heterocycles. The van der Waals surface area contributed by atoms with Gasteiger partial charge in [0.25, 0.3) is 0 Å². The lowest BCUT2D eigenvalue weighted by molar-refractivity contribution is -0.139. The largest absolute Gasteiger partial charge is 0.375 e. The van der Waals surface area contributed by atoms with E-state index >= 15 is 0 Å². The third-order valence-corrected chi connectivity index (χ3v) is 4.37. The number of nitrogens with one attached hydrogen (secondary N) is 1. The van der Waals surface area contributed by atoms with Gasteiger partial charge >= 0.3 is 0 Å². The lowest BCUT2D eigenvalue weighted by Crippen LogP contribution is -2.59. The smallest absolute Gasteiger partial charge is 0.242 e. The van der Waals surface area contributed by atoms with Crippen molar-refractivity contribution in [2.24, 2.45) is 0 Å². The molecule has 0 unspecified atom stereocenters. The van der Waals surface area contributed by atoms with Crippen molar-refractivity contribution in [3.05, 3.63) is 23.9 Å². The van der Waals surface area contributed by atoms with Crippen LogP contribution in [0.2, 0.25) is 0 Å². The average molecular weight is 315 g/mol. The number of aromatic nitrogens is 1. The number of hydrogen-bond donors (Lipinski definition) is 1. The zero-order valence-electron chi connectivity index (χ0n) is 13.2. The van der Waals surface area contributed by atoms with E-state index in [1.807, 2.05) is 11.8 Å².